The fourth-order valence-electron chi connectivity index (χ4n) is 1.83. The molecule has 0 aliphatic heterocycles. The van der Waals surface area contributed by atoms with Crippen molar-refractivity contribution in [3.63, 3.8) is 0 Å². The Morgan fingerprint density at radius 3 is 2.42 bits per heavy atom. The molecule has 2 aromatic rings. The predicted octanol–water partition coefficient (Wildman–Crippen LogP) is 3.44. The van der Waals surface area contributed by atoms with Gasteiger partial charge in [-0.05, 0) is 36.1 Å². The van der Waals surface area contributed by atoms with Crippen molar-refractivity contribution in [2.45, 2.75) is 26.8 Å². The highest BCUT2D eigenvalue weighted by Crippen LogP contribution is 2.11. The van der Waals surface area contributed by atoms with Gasteiger partial charge in [-0.1, -0.05) is 37.3 Å². The second-order valence-corrected chi connectivity index (χ2v) is 4.50. The summed E-state index contributed by atoms with van der Waals surface area (Å²) in [5.74, 6) is 0.738. The summed E-state index contributed by atoms with van der Waals surface area (Å²) in [6.45, 7) is 4.75. The van der Waals surface area contributed by atoms with Gasteiger partial charge >= 0.3 is 0 Å². The standard InChI is InChI=1S/C16H17N3/c1-3-13-5-7-14(8-6-13)11-18-16-9-4-12(2)15(10-17)19-16/h4-9H,3,11H2,1-2H3,(H,18,19). The monoisotopic (exact) mass is 251 g/mol. The highest BCUT2D eigenvalue weighted by Gasteiger charge is 2.01. The van der Waals surface area contributed by atoms with Crippen molar-refractivity contribution >= 4 is 5.82 Å². The molecule has 0 saturated heterocycles. The molecule has 1 N–H and O–H groups in total. The lowest BCUT2D eigenvalue weighted by Crippen LogP contribution is -2.03. The number of aromatic nitrogens is 1. The van der Waals surface area contributed by atoms with Crippen LogP contribution in [0.25, 0.3) is 0 Å². The van der Waals surface area contributed by atoms with Gasteiger partial charge in [-0.25, -0.2) is 4.98 Å². The minimum Gasteiger partial charge on any atom is -0.366 e. The number of anilines is 1. The number of nitrogens with one attached hydrogen (secondary N) is 1. The van der Waals surface area contributed by atoms with Crippen LogP contribution in [0.1, 0.15) is 29.3 Å². The van der Waals surface area contributed by atoms with Gasteiger partial charge in [0.05, 0.1) is 0 Å². The minimum absolute atomic E-state index is 0.478. The molecule has 1 aromatic heterocycles. The van der Waals surface area contributed by atoms with E-state index in [-0.39, 0.29) is 0 Å². The highest BCUT2D eigenvalue weighted by atomic mass is 15.0. The number of benzene rings is 1. The molecular weight excluding hydrogens is 234 g/mol. The van der Waals surface area contributed by atoms with Crippen LogP contribution in [-0.4, -0.2) is 4.98 Å². The maximum absolute atomic E-state index is 8.95. The summed E-state index contributed by atoms with van der Waals surface area (Å²) in [5.41, 5.74) is 3.92. The smallest absolute Gasteiger partial charge is 0.145 e. The van der Waals surface area contributed by atoms with Crippen LogP contribution in [0, 0.1) is 18.3 Å². The van der Waals surface area contributed by atoms with Gasteiger partial charge in [-0.2, -0.15) is 5.26 Å². The van der Waals surface area contributed by atoms with Crippen molar-refractivity contribution in [3.05, 3.63) is 58.8 Å². The molecule has 0 aliphatic rings. The van der Waals surface area contributed by atoms with Crippen LogP contribution in [0.3, 0.4) is 0 Å². The molecule has 3 heteroatoms. The van der Waals surface area contributed by atoms with E-state index in [1.54, 1.807) is 0 Å². The van der Waals surface area contributed by atoms with Gasteiger partial charge in [0.25, 0.3) is 0 Å². The predicted molar refractivity (Wildman–Crippen MR) is 76.8 cm³/mol. The summed E-state index contributed by atoms with van der Waals surface area (Å²) in [6.07, 6.45) is 1.05. The molecule has 0 aliphatic carbocycles. The van der Waals surface area contributed by atoms with Crippen LogP contribution < -0.4 is 5.32 Å². The van der Waals surface area contributed by atoms with Crippen LogP contribution in [0.4, 0.5) is 5.82 Å². The Hall–Kier alpha value is -2.34. The van der Waals surface area contributed by atoms with Crippen LogP contribution in [-0.2, 0) is 13.0 Å². The summed E-state index contributed by atoms with van der Waals surface area (Å²) < 4.78 is 0. The van der Waals surface area contributed by atoms with E-state index in [1.165, 1.54) is 11.1 Å². The molecule has 0 amide bonds. The lowest BCUT2D eigenvalue weighted by molar-refractivity contribution is 1.08. The van der Waals surface area contributed by atoms with Crippen molar-refractivity contribution < 1.29 is 0 Å². The van der Waals surface area contributed by atoms with E-state index < -0.39 is 0 Å². The first-order valence-corrected chi connectivity index (χ1v) is 6.42. The SMILES string of the molecule is CCc1ccc(CNc2ccc(C)c(C#N)n2)cc1. The number of aryl methyl sites for hydroxylation is 2. The number of rotatable bonds is 4. The Labute approximate surface area is 113 Å². The number of hydrogen-bond donors (Lipinski definition) is 1. The van der Waals surface area contributed by atoms with Crippen LogP contribution >= 0.6 is 0 Å². The van der Waals surface area contributed by atoms with E-state index in [9.17, 15) is 0 Å². The molecule has 2 rings (SSSR count). The van der Waals surface area contributed by atoms with Gasteiger partial charge in [-0.3, -0.25) is 0 Å². The van der Waals surface area contributed by atoms with Gasteiger partial charge in [0, 0.05) is 6.54 Å². The summed E-state index contributed by atoms with van der Waals surface area (Å²) in [4.78, 5) is 4.27. The molecule has 0 unspecified atom stereocenters. The molecule has 19 heavy (non-hydrogen) atoms. The molecule has 0 atom stereocenters. The molecule has 3 nitrogen and oxygen atoms in total. The van der Waals surface area contributed by atoms with Gasteiger partial charge < -0.3 is 5.32 Å². The van der Waals surface area contributed by atoms with Crippen molar-refractivity contribution in [3.8, 4) is 6.07 Å². The first kappa shape index (κ1) is 13.1. The minimum atomic E-state index is 0.478. The van der Waals surface area contributed by atoms with E-state index in [2.05, 4.69) is 47.6 Å². The van der Waals surface area contributed by atoms with E-state index in [1.807, 2.05) is 19.1 Å². The Kier molecular flexibility index (Phi) is 4.15. The summed E-state index contributed by atoms with van der Waals surface area (Å²) in [6, 6.07) is 14.4. The Morgan fingerprint density at radius 1 is 1.11 bits per heavy atom. The molecule has 0 radical (unpaired) electrons. The highest BCUT2D eigenvalue weighted by molar-refractivity contribution is 5.43. The number of pyridine rings is 1. The first-order valence-electron chi connectivity index (χ1n) is 6.42. The molecular formula is C16H17N3. The van der Waals surface area contributed by atoms with Crippen molar-refractivity contribution in [2.75, 3.05) is 5.32 Å². The quantitative estimate of drug-likeness (QED) is 0.905. The Balaban J connectivity index is 2.04. The van der Waals surface area contributed by atoms with Gasteiger partial charge in [-0.15, -0.1) is 0 Å². The lowest BCUT2D eigenvalue weighted by Gasteiger charge is -2.07. The van der Waals surface area contributed by atoms with Crippen LogP contribution in [0.5, 0.6) is 0 Å². The fraction of sp³-hybridized carbons (Fsp3) is 0.250. The van der Waals surface area contributed by atoms with E-state index >= 15 is 0 Å². The van der Waals surface area contributed by atoms with E-state index in [0.717, 1.165) is 17.8 Å². The zero-order valence-electron chi connectivity index (χ0n) is 11.3. The average molecular weight is 251 g/mol. The Morgan fingerprint density at radius 2 is 1.79 bits per heavy atom. The van der Waals surface area contributed by atoms with Gasteiger partial charge in [0.15, 0.2) is 0 Å². The topological polar surface area (TPSA) is 48.7 Å². The summed E-state index contributed by atoms with van der Waals surface area (Å²) in [5, 5.41) is 12.2. The lowest BCUT2D eigenvalue weighted by atomic mass is 10.1. The maximum atomic E-state index is 8.95. The summed E-state index contributed by atoms with van der Waals surface area (Å²) >= 11 is 0. The zero-order valence-corrected chi connectivity index (χ0v) is 11.3. The number of nitrogens with zero attached hydrogens (tertiary/aromatic N) is 2. The van der Waals surface area contributed by atoms with Crippen LogP contribution in [0.15, 0.2) is 36.4 Å². The van der Waals surface area contributed by atoms with Crippen molar-refractivity contribution in [2.24, 2.45) is 0 Å². The fourth-order valence-corrected chi connectivity index (χ4v) is 1.83. The number of hydrogen-bond acceptors (Lipinski definition) is 3. The third-order valence-corrected chi connectivity index (χ3v) is 3.11. The van der Waals surface area contributed by atoms with Gasteiger partial charge in [0.2, 0.25) is 0 Å². The molecule has 1 aromatic carbocycles. The molecule has 0 spiro atoms. The van der Waals surface area contributed by atoms with Gasteiger partial charge in [0.1, 0.15) is 17.6 Å². The first-order chi connectivity index (χ1) is 9.22. The molecule has 0 fully saturated rings. The normalized spacial score (nSPS) is 9.95. The van der Waals surface area contributed by atoms with Crippen LogP contribution in [0.2, 0.25) is 0 Å². The second-order valence-electron chi connectivity index (χ2n) is 4.50. The molecule has 0 saturated carbocycles. The third kappa shape index (κ3) is 3.32. The summed E-state index contributed by atoms with van der Waals surface area (Å²) in [7, 11) is 0. The average Bonchev–Trinajstić information content (AvgIpc) is 2.47. The molecule has 1 heterocycles. The second kappa shape index (κ2) is 6.01. The Bertz CT molecular complexity index is 594. The van der Waals surface area contributed by atoms with E-state index in [4.69, 9.17) is 5.26 Å². The third-order valence-electron chi connectivity index (χ3n) is 3.11. The van der Waals surface area contributed by atoms with Crippen molar-refractivity contribution in [1.29, 1.82) is 5.26 Å². The molecule has 0 bridgehead atoms. The zero-order chi connectivity index (χ0) is 13.7. The number of nitriles is 1. The maximum Gasteiger partial charge on any atom is 0.145 e. The van der Waals surface area contributed by atoms with E-state index in [0.29, 0.717) is 12.2 Å². The molecule has 96 valence electrons. The van der Waals surface area contributed by atoms with Crippen molar-refractivity contribution in [1.82, 2.24) is 4.98 Å². The largest absolute Gasteiger partial charge is 0.366 e.